The van der Waals surface area contributed by atoms with Gasteiger partial charge in [0.05, 0.1) is 17.0 Å². The summed E-state index contributed by atoms with van der Waals surface area (Å²) in [6, 6.07) is 5.17. The number of likely N-dealkylation sites (tertiary alicyclic amines) is 1. The summed E-state index contributed by atoms with van der Waals surface area (Å²) in [7, 11) is 0. The van der Waals surface area contributed by atoms with Gasteiger partial charge in [0, 0.05) is 31.0 Å². The quantitative estimate of drug-likeness (QED) is 0.905. The molecule has 1 aliphatic heterocycles. The van der Waals surface area contributed by atoms with Crippen molar-refractivity contribution in [1.29, 1.82) is 0 Å². The first-order chi connectivity index (χ1) is 10.1. The molecule has 1 N–H and O–H groups in total. The molecular weight excluding hydrogens is 270 g/mol. The van der Waals surface area contributed by atoms with Crippen LogP contribution in [0.2, 0.25) is 0 Å². The number of piperidine rings is 1. The van der Waals surface area contributed by atoms with Gasteiger partial charge >= 0.3 is 5.97 Å². The van der Waals surface area contributed by atoms with Crippen LogP contribution >= 0.6 is 0 Å². The second-order valence-corrected chi connectivity index (χ2v) is 5.19. The van der Waals surface area contributed by atoms with Gasteiger partial charge in [-0.05, 0) is 31.0 Å². The molecule has 1 atom stereocenters. The topological polar surface area (TPSA) is 83.4 Å². The lowest BCUT2D eigenvalue weighted by Gasteiger charge is -2.30. The lowest BCUT2D eigenvalue weighted by atomic mass is 9.97. The van der Waals surface area contributed by atoms with Crippen molar-refractivity contribution < 1.29 is 14.7 Å². The summed E-state index contributed by atoms with van der Waals surface area (Å²) in [5.74, 6) is -1.45. The van der Waals surface area contributed by atoms with Crippen LogP contribution in [0.3, 0.4) is 0 Å². The number of nitrogens with zero attached hydrogens (tertiary/aromatic N) is 3. The van der Waals surface area contributed by atoms with E-state index in [2.05, 4.69) is 9.97 Å². The van der Waals surface area contributed by atoms with Gasteiger partial charge in [-0.3, -0.25) is 19.6 Å². The molecule has 2 heterocycles. The molecule has 0 radical (unpaired) electrons. The van der Waals surface area contributed by atoms with Gasteiger partial charge in [0.2, 0.25) is 0 Å². The third-order valence-electron chi connectivity index (χ3n) is 3.77. The van der Waals surface area contributed by atoms with Gasteiger partial charge in [-0.25, -0.2) is 0 Å². The number of carbonyl (C=O) groups excluding carboxylic acids is 1. The molecule has 1 aromatic carbocycles. The number of hydrogen-bond donors (Lipinski definition) is 1. The Morgan fingerprint density at radius 3 is 2.71 bits per heavy atom. The highest BCUT2D eigenvalue weighted by molar-refractivity contribution is 5.97. The average molecular weight is 285 g/mol. The Hall–Kier alpha value is -2.50. The first-order valence-corrected chi connectivity index (χ1v) is 6.88. The smallest absolute Gasteiger partial charge is 0.308 e. The van der Waals surface area contributed by atoms with E-state index in [1.165, 1.54) is 0 Å². The molecule has 2 aromatic rings. The summed E-state index contributed by atoms with van der Waals surface area (Å²) >= 11 is 0. The molecule has 108 valence electrons. The van der Waals surface area contributed by atoms with Gasteiger partial charge < -0.3 is 10.0 Å². The standard InChI is InChI=1S/C15H15N3O3/c19-14(18-7-1-2-11(9-18)15(20)21)10-3-4-12-13(8-10)17-6-5-16-12/h3-6,8,11H,1-2,7,9H2,(H,20,21)/t11-/m0/s1. The number of amides is 1. The maximum atomic E-state index is 12.5. The Morgan fingerprint density at radius 2 is 1.95 bits per heavy atom. The van der Waals surface area contributed by atoms with Crippen LogP contribution in [0.4, 0.5) is 0 Å². The Kier molecular flexibility index (Phi) is 3.51. The fourth-order valence-corrected chi connectivity index (χ4v) is 2.64. The van der Waals surface area contributed by atoms with Crippen molar-refractivity contribution in [3.8, 4) is 0 Å². The molecular formula is C15H15N3O3. The van der Waals surface area contributed by atoms with Crippen LogP contribution < -0.4 is 0 Å². The number of rotatable bonds is 2. The molecule has 3 rings (SSSR count). The number of fused-ring (bicyclic) bond motifs is 1. The largest absolute Gasteiger partial charge is 0.481 e. The zero-order valence-corrected chi connectivity index (χ0v) is 11.4. The third-order valence-corrected chi connectivity index (χ3v) is 3.77. The molecule has 0 spiro atoms. The molecule has 1 amide bonds. The summed E-state index contributed by atoms with van der Waals surface area (Å²) in [5, 5.41) is 9.09. The molecule has 6 heteroatoms. The van der Waals surface area contributed by atoms with Crippen molar-refractivity contribution >= 4 is 22.9 Å². The molecule has 6 nitrogen and oxygen atoms in total. The highest BCUT2D eigenvalue weighted by Crippen LogP contribution is 2.20. The average Bonchev–Trinajstić information content (AvgIpc) is 2.53. The number of hydrogen-bond acceptors (Lipinski definition) is 4. The first-order valence-electron chi connectivity index (χ1n) is 6.88. The highest BCUT2D eigenvalue weighted by Gasteiger charge is 2.28. The molecule has 0 bridgehead atoms. The van der Waals surface area contributed by atoms with Crippen LogP contribution in [-0.4, -0.2) is 44.9 Å². The van der Waals surface area contributed by atoms with E-state index < -0.39 is 11.9 Å². The minimum atomic E-state index is -0.836. The van der Waals surface area contributed by atoms with Crippen molar-refractivity contribution in [2.75, 3.05) is 13.1 Å². The number of carbonyl (C=O) groups is 2. The van der Waals surface area contributed by atoms with Crippen molar-refractivity contribution in [3.63, 3.8) is 0 Å². The van der Waals surface area contributed by atoms with Crippen molar-refractivity contribution in [1.82, 2.24) is 14.9 Å². The van der Waals surface area contributed by atoms with Gasteiger partial charge in [-0.15, -0.1) is 0 Å². The lowest BCUT2D eigenvalue weighted by molar-refractivity contribution is -0.143. The molecule has 0 saturated carbocycles. The van der Waals surface area contributed by atoms with E-state index in [1.54, 1.807) is 35.5 Å². The Labute approximate surface area is 121 Å². The van der Waals surface area contributed by atoms with E-state index in [9.17, 15) is 9.59 Å². The monoisotopic (exact) mass is 285 g/mol. The SMILES string of the molecule is O=C(O)[C@H]1CCCN(C(=O)c2ccc3nccnc3c2)C1. The van der Waals surface area contributed by atoms with Crippen LogP contribution in [0.15, 0.2) is 30.6 Å². The molecule has 0 unspecified atom stereocenters. The van der Waals surface area contributed by atoms with E-state index in [4.69, 9.17) is 5.11 Å². The number of benzene rings is 1. The summed E-state index contributed by atoms with van der Waals surface area (Å²) in [5.41, 5.74) is 1.92. The Balaban J connectivity index is 1.84. The molecule has 1 aromatic heterocycles. The molecule has 1 aliphatic rings. The number of carboxylic acid groups (broad SMARTS) is 1. The van der Waals surface area contributed by atoms with Gasteiger partial charge in [-0.1, -0.05) is 0 Å². The maximum absolute atomic E-state index is 12.5. The number of carboxylic acids is 1. The fourth-order valence-electron chi connectivity index (χ4n) is 2.64. The molecule has 1 saturated heterocycles. The molecule has 1 fully saturated rings. The summed E-state index contributed by atoms with van der Waals surface area (Å²) in [6.07, 6.45) is 4.53. The van der Waals surface area contributed by atoms with E-state index in [-0.39, 0.29) is 12.5 Å². The second kappa shape index (κ2) is 5.47. The number of aliphatic carboxylic acids is 1. The normalized spacial score (nSPS) is 18.7. The van der Waals surface area contributed by atoms with Crippen molar-refractivity contribution in [2.24, 2.45) is 5.92 Å². The van der Waals surface area contributed by atoms with E-state index in [1.807, 2.05) is 0 Å². The number of aromatic nitrogens is 2. The van der Waals surface area contributed by atoms with Crippen molar-refractivity contribution in [3.05, 3.63) is 36.2 Å². The lowest BCUT2D eigenvalue weighted by Crippen LogP contribution is -2.42. The Morgan fingerprint density at radius 1 is 1.19 bits per heavy atom. The predicted molar refractivity (Wildman–Crippen MR) is 75.8 cm³/mol. The van der Waals surface area contributed by atoms with Crippen LogP contribution in [0.25, 0.3) is 11.0 Å². The molecule has 0 aliphatic carbocycles. The van der Waals surface area contributed by atoms with Gasteiger partial charge in [0.1, 0.15) is 0 Å². The van der Waals surface area contributed by atoms with E-state index >= 15 is 0 Å². The van der Waals surface area contributed by atoms with Gasteiger partial charge in [0.15, 0.2) is 0 Å². The van der Waals surface area contributed by atoms with Crippen LogP contribution in [0.1, 0.15) is 23.2 Å². The second-order valence-electron chi connectivity index (χ2n) is 5.19. The highest BCUT2D eigenvalue weighted by atomic mass is 16.4. The van der Waals surface area contributed by atoms with E-state index in [0.717, 1.165) is 11.9 Å². The first kappa shape index (κ1) is 13.5. The van der Waals surface area contributed by atoms with Gasteiger partial charge in [0.25, 0.3) is 5.91 Å². The summed E-state index contributed by atoms with van der Waals surface area (Å²) < 4.78 is 0. The fraction of sp³-hybridized carbons (Fsp3) is 0.333. The minimum absolute atomic E-state index is 0.145. The van der Waals surface area contributed by atoms with Gasteiger partial charge in [-0.2, -0.15) is 0 Å². The maximum Gasteiger partial charge on any atom is 0.308 e. The predicted octanol–water partition coefficient (Wildman–Crippen LogP) is 1.57. The van der Waals surface area contributed by atoms with E-state index in [0.29, 0.717) is 24.0 Å². The zero-order valence-electron chi connectivity index (χ0n) is 11.4. The minimum Gasteiger partial charge on any atom is -0.481 e. The van der Waals surface area contributed by atoms with Crippen LogP contribution in [-0.2, 0) is 4.79 Å². The third kappa shape index (κ3) is 2.69. The van der Waals surface area contributed by atoms with Crippen LogP contribution in [0, 0.1) is 5.92 Å². The van der Waals surface area contributed by atoms with Crippen LogP contribution in [0.5, 0.6) is 0 Å². The summed E-state index contributed by atoms with van der Waals surface area (Å²) in [4.78, 5) is 33.5. The van der Waals surface area contributed by atoms with Crippen molar-refractivity contribution in [2.45, 2.75) is 12.8 Å². The molecule has 21 heavy (non-hydrogen) atoms. The summed E-state index contributed by atoms with van der Waals surface area (Å²) in [6.45, 7) is 0.869. The zero-order chi connectivity index (χ0) is 14.8. The Bertz CT molecular complexity index is 701.